The molecule has 0 aliphatic carbocycles. The molecule has 140 valence electrons. The van der Waals surface area contributed by atoms with Gasteiger partial charge in [0.25, 0.3) is 0 Å². The van der Waals surface area contributed by atoms with Crippen LogP contribution in [0.2, 0.25) is 0 Å². The standard InChI is InChI=1S/C18H34N2O4/c1-6-22-16(23-7-2)12-19-13-10-14-8-9-15(11-13)20(14)17(21)24-18(3,4)5/h13-16,19H,6-12H2,1-5H3. The van der Waals surface area contributed by atoms with Crippen molar-refractivity contribution in [3.05, 3.63) is 0 Å². The Bertz CT molecular complexity index is 390. The van der Waals surface area contributed by atoms with Gasteiger partial charge in [-0.05, 0) is 60.3 Å². The number of rotatable bonds is 7. The van der Waals surface area contributed by atoms with Gasteiger partial charge in [-0.2, -0.15) is 0 Å². The van der Waals surface area contributed by atoms with Crippen LogP contribution in [-0.4, -0.2) is 60.8 Å². The molecular formula is C18H34N2O4. The molecule has 24 heavy (non-hydrogen) atoms. The van der Waals surface area contributed by atoms with Crippen LogP contribution in [0.4, 0.5) is 4.79 Å². The molecule has 0 saturated carbocycles. The molecular weight excluding hydrogens is 308 g/mol. The van der Waals surface area contributed by atoms with Gasteiger partial charge in [0, 0.05) is 37.9 Å². The van der Waals surface area contributed by atoms with Crippen LogP contribution in [0.15, 0.2) is 0 Å². The maximum absolute atomic E-state index is 12.5. The molecule has 2 aliphatic rings. The normalized spacial score (nSPS) is 26.9. The molecule has 2 aliphatic heterocycles. The highest BCUT2D eigenvalue weighted by molar-refractivity contribution is 5.69. The second kappa shape index (κ2) is 8.50. The van der Waals surface area contributed by atoms with Crippen molar-refractivity contribution < 1.29 is 19.0 Å². The number of nitrogens with zero attached hydrogens (tertiary/aromatic N) is 1. The molecule has 2 rings (SSSR count). The molecule has 2 fully saturated rings. The number of carbonyl (C=O) groups is 1. The van der Waals surface area contributed by atoms with Crippen LogP contribution >= 0.6 is 0 Å². The van der Waals surface area contributed by atoms with Gasteiger partial charge in [-0.3, -0.25) is 0 Å². The zero-order chi connectivity index (χ0) is 17.7. The number of hydrogen-bond acceptors (Lipinski definition) is 5. The zero-order valence-electron chi connectivity index (χ0n) is 15.8. The number of carbonyl (C=O) groups excluding carboxylic acids is 1. The number of hydrogen-bond donors (Lipinski definition) is 1. The van der Waals surface area contributed by atoms with Gasteiger partial charge in [-0.15, -0.1) is 0 Å². The van der Waals surface area contributed by atoms with Crippen molar-refractivity contribution in [3.63, 3.8) is 0 Å². The maximum Gasteiger partial charge on any atom is 0.410 e. The average Bonchev–Trinajstić information content (AvgIpc) is 2.75. The van der Waals surface area contributed by atoms with E-state index in [-0.39, 0.29) is 24.5 Å². The van der Waals surface area contributed by atoms with E-state index in [1.54, 1.807) is 0 Å². The fraction of sp³-hybridized carbons (Fsp3) is 0.944. The van der Waals surface area contributed by atoms with Gasteiger partial charge >= 0.3 is 6.09 Å². The summed E-state index contributed by atoms with van der Waals surface area (Å²) in [5.41, 5.74) is -0.437. The first-order valence-corrected chi connectivity index (χ1v) is 9.32. The van der Waals surface area contributed by atoms with Crippen LogP contribution in [0.3, 0.4) is 0 Å². The van der Waals surface area contributed by atoms with E-state index in [4.69, 9.17) is 14.2 Å². The van der Waals surface area contributed by atoms with Gasteiger partial charge in [0.2, 0.25) is 0 Å². The van der Waals surface area contributed by atoms with Crippen molar-refractivity contribution in [1.82, 2.24) is 10.2 Å². The fourth-order valence-corrected chi connectivity index (χ4v) is 3.76. The van der Waals surface area contributed by atoms with E-state index >= 15 is 0 Å². The summed E-state index contributed by atoms with van der Waals surface area (Å²) in [5.74, 6) is 0. The second-order valence-corrected chi connectivity index (χ2v) is 7.69. The summed E-state index contributed by atoms with van der Waals surface area (Å²) in [5, 5.41) is 3.57. The van der Waals surface area contributed by atoms with Gasteiger partial charge < -0.3 is 24.4 Å². The van der Waals surface area contributed by atoms with E-state index in [9.17, 15) is 4.79 Å². The van der Waals surface area contributed by atoms with Crippen LogP contribution in [0.25, 0.3) is 0 Å². The first-order valence-electron chi connectivity index (χ1n) is 9.32. The summed E-state index contributed by atoms with van der Waals surface area (Å²) in [6.07, 6.45) is 3.74. The molecule has 0 aromatic carbocycles. The van der Waals surface area contributed by atoms with E-state index in [0.717, 1.165) is 25.7 Å². The van der Waals surface area contributed by atoms with Crippen LogP contribution in [0.1, 0.15) is 60.3 Å². The maximum atomic E-state index is 12.5. The Hall–Kier alpha value is -0.850. The Kier molecular flexibility index (Phi) is 6.89. The average molecular weight is 342 g/mol. The molecule has 2 heterocycles. The first kappa shape index (κ1) is 19.5. The lowest BCUT2D eigenvalue weighted by Gasteiger charge is -2.40. The molecule has 1 amide bonds. The Morgan fingerprint density at radius 1 is 1.12 bits per heavy atom. The van der Waals surface area contributed by atoms with Crippen molar-refractivity contribution in [1.29, 1.82) is 0 Å². The van der Waals surface area contributed by atoms with E-state index < -0.39 is 5.60 Å². The van der Waals surface area contributed by atoms with Crippen LogP contribution < -0.4 is 5.32 Å². The van der Waals surface area contributed by atoms with Crippen LogP contribution in [-0.2, 0) is 14.2 Å². The molecule has 6 heteroatoms. The number of ether oxygens (including phenoxy) is 3. The van der Waals surface area contributed by atoms with E-state index in [2.05, 4.69) is 5.32 Å². The third-order valence-electron chi connectivity index (χ3n) is 4.62. The predicted octanol–water partition coefficient (Wildman–Crippen LogP) is 2.91. The van der Waals surface area contributed by atoms with Gasteiger partial charge in [0.15, 0.2) is 6.29 Å². The SMILES string of the molecule is CCOC(CNC1CC2CCC(C1)N2C(=O)OC(C)(C)C)OCC. The van der Waals surface area contributed by atoms with Crippen molar-refractivity contribution in [2.75, 3.05) is 19.8 Å². The summed E-state index contributed by atoms with van der Waals surface area (Å²) in [7, 11) is 0. The highest BCUT2D eigenvalue weighted by atomic mass is 16.7. The van der Waals surface area contributed by atoms with E-state index in [0.29, 0.717) is 25.8 Å². The summed E-state index contributed by atoms with van der Waals surface area (Å²) < 4.78 is 16.8. The highest BCUT2D eigenvalue weighted by Crippen LogP contribution is 2.36. The minimum Gasteiger partial charge on any atom is -0.444 e. The van der Waals surface area contributed by atoms with Gasteiger partial charge in [-0.1, -0.05) is 0 Å². The second-order valence-electron chi connectivity index (χ2n) is 7.69. The van der Waals surface area contributed by atoms with Gasteiger partial charge in [-0.25, -0.2) is 4.79 Å². The third-order valence-corrected chi connectivity index (χ3v) is 4.62. The first-order chi connectivity index (χ1) is 11.3. The molecule has 0 aromatic rings. The Morgan fingerprint density at radius 3 is 2.12 bits per heavy atom. The summed E-state index contributed by atoms with van der Waals surface area (Å²) in [6, 6.07) is 0.979. The van der Waals surface area contributed by atoms with Crippen molar-refractivity contribution in [3.8, 4) is 0 Å². The Morgan fingerprint density at radius 2 is 1.67 bits per heavy atom. The lowest BCUT2D eigenvalue weighted by molar-refractivity contribution is -0.134. The quantitative estimate of drug-likeness (QED) is 0.721. The molecule has 0 spiro atoms. The lowest BCUT2D eigenvalue weighted by Crippen LogP contribution is -2.53. The molecule has 1 N–H and O–H groups in total. The molecule has 6 nitrogen and oxygen atoms in total. The van der Waals surface area contributed by atoms with Crippen molar-refractivity contribution in [2.45, 2.75) is 90.3 Å². The van der Waals surface area contributed by atoms with Crippen molar-refractivity contribution in [2.24, 2.45) is 0 Å². The van der Waals surface area contributed by atoms with Crippen molar-refractivity contribution >= 4 is 6.09 Å². The predicted molar refractivity (Wildman–Crippen MR) is 92.9 cm³/mol. The minimum absolute atomic E-state index is 0.157. The molecule has 0 aromatic heterocycles. The summed E-state index contributed by atoms with van der Waals surface area (Å²) >= 11 is 0. The van der Waals surface area contributed by atoms with Crippen LogP contribution in [0, 0.1) is 0 Å². The van der Waals surface area contributed by atoms with Gasteiger partial charge in [0.1, 0.15) is 5.60 Å². The highest BCUT2D eigenvalue weighted by Gasteiger charge is 2.44. The zero-order valence-corrected chi connectivity index (χ0v) is 15.8. The smallest absolute Gasteiger partial charge is 0.410 e. The lowest BCUT2D eigenvalue weighted by atomic mass is 9.97. The molecule has 2 atom stereocenters. The number of fused-ring (bicyclic) bond motifs is 2. The van der Waals surface area contributed by atoms with Crippen LogP contribution in [0.5, 0.6) is 0 Å². The fourth-order valence-electron chi connectivity index (χ4n) is 3.76. The Balaban J connectivity index is 1.85. The molecule has 0 radical (unpaired) electrons. The Labute approximate surface area is 146 Å². The third kappa shape index (κ3) is 5.33. The molecule has 2 unspecified atom stereocenters. The van der Waals surface area contributed by atoms with E-state index in [1.807, 2.05) is 39.5 Å². The number of amides is 1. The monoisotopic (exact) mass is 342 g/mol. The largest absolute Gasteiger partial charge is 0.444 e. The van der Waals surface area contributed by atoms with Gasteiger partial charge in [0.05, 0.1) is 0 Å². The number of piperidine rings is 1. The molecule has 2 bridgehead atoms. The minimum atomic E-state index is -0.437. The number of nitrogens with one attached hydrogen (secondary N) is 1. The van der Waals surface area contributed by atoms with E-state index in [1.165, 1.54) is 0 Å². The topological polar surface area (TPSA) is 60.0 Å². The summed E-state index contributed by atoms with van der Waals surface area (Å²) in [4.78, 5) is 14.4. The summed E-state index contributed by atoms with van der Waals surface area (Å²) in [6.45, 7) is 11.7. The molecule has 2 saturated heterocycles.